The summed E-state index contributed by atoms with van der Waals surface area (Å²) in [5, 5.41) is 19.7. The highest BCUT2D eigenvalue weighted by atomic mass is 79.9. The smallest absolute Gasteiger partial charge is 0.305 e. The molecule has 0 radical (unpaired) electrons. The van der Waals surface area contributed by atoms with Gasteiger partial charge in [0.2, 0.25) is 0 Å². The number of carbonyl (C=O) groups excluding carboxylic acids is 1. The Labute approximate surface area is 157 Å². The van der Waals surface area contributed by atoms with Gasteiger partial charge in [-0.1, -0.05) is 12.1 Å². The molecule has 2 N–H and O–H groups in total. The van der Waals surface area contributed by atoms with E-state index in [2.05, 4.69) is 31.4 Å². The van der Waals surface area contributed by atoms with Crippen LogP contribution in [0.3, 0.4) is 0 Å². The first-order valence-corrected chi connectivity index (χ1v) is 8.62. The number of amides is 1. The molecule has 0 unspecified atom stereocenters. The van der Waals surface area contributed by atoms with E-state index in [1.165, 1.54) is 10.9 Å². The Balaban J connectivity index is 1.63. The molecule has 0 aliphatic carbocycles. The number of aliphatic carboxylic acids is 1. The second-order valence-electron chi connectivity index (χ2n) is 5.59. The van der Waals surface area contributed by atoms with Crippen molar-refractivity contribution in [1.29, 1.82) is 0 Å². The van der Waals surface area contributed by atoms with Gasteiger partial charge in [-0.15, -0.1) is 0 Å². The fourth-order valence-corrected chi connectivity index (χ4v) is 2.73. The lowest BCUT2D eigenvalue weighted by Crippen LogP contribution is -2.19. The number of aromatic nitrogens is 4. The summed E-state index contributed by atoms with van der Waals surface area (Å²) in [7, 11) is 0. The molecule has 9 heteroatoms. The van der Waals surface area contributed by atoms with E-state index in [-0.39, 0.29) is 18.9 Å². The number of hydrogen-bond donors (Lipinski definition) is 2. The second-order valence-corrected chi connectivity index (χ2v) is 6.51. The molecule has 3 aromatic rings. The molecule has 26 heavy (non-hydrogen) atoms. The van der Waals surface area contributed by atoms with Crippen LogP contribution in [0.15, 0.2) is 53.4 Å². The summed E-state index contributed by atoms with van der Waals surface area (Å²) in [6, 6.07) is 8.99. The fourth-order valence-electron chi connectivity index (χ4n) is 2.41. The summed E-state index contributed by atoms with van der Waals surface area (Å²) in [5.41, 5.74) is 2.01. The quantitative estimate of drug-likeness (QED) is 0.614. The van der Waals surface area contributed by atoms with Crippen molar-refractivity contribution in [2.24, 2.45) is 0 Å². The lowest BCUT2D eigenvalue weighted by atomic mass is 10.2. The highest BCUT2D eigenvalue weighted by Crippen LogP contribution is 2.14. The molecule has 0 atom stereocenters. The summed E-state index contributed by atoms with van der Waals surface area (Å²) < 4.78 is 4.10. The fraction of sp³-hybridized carbons (Fsp3) is 0.176. The number of halogens is 1. The van der Waals surface area contributed by atoms with E-state index >= 15 is 0 Å². The number of aryl methyl sites for hydroxylation is 1. The van der Waals surface area contributed by atoms with Gasteiger partial charge in [-0.3, -0.25) is 19.0 Å². The standard InChI is InChI=1S/C17H16BrN5O3/c18-13-9-20-22(11-13)10-12-1-3-14(4-2-12)21-17(26)15-5-7-19-23(15)8-6-16(24)25/h1-5,7,9,11H,6,8,10H2,(H,21,26)(H,24,25). The van der Waals surface area contributed by atoms with Gasteiger partial charge in [-0.05, 0) is 39.7 Å². The first kappa shape index (κ1) is 17.9. The van der Waals surface area contributed by atoms with Gasteiger partial charge in [-0.25, -0.2) is 0 Å². The van der Waals surface area contributed by atoms with Gasteiger partial charge in [-0.2, -0.15) is 10.2 Å². The van der Waals surface area contributed by atoms with Crippen molar-refractivity contribution in [1.82, 2.24) is 19.6 Å². The Morgan fingerprint density at radius 3 is 2.58 bits per heavy atom. The summed E-state index contributed by atoms with van der Waals surface area (Å²) in [5.74, 6) is -1.27. The molecule has 2 aromatic heterocycles. The van der Waals surface area contributed by atoms with E-state index in [0.717, 1.165) is 10.0 Å². The van der Waals surface area contributed by atoms with Crippen LogP contribution in [0.25, 0.3) is 0 Å². The maximum atomic E-state index is 12.4. The molecular weight excluding hydrogens is 402 g/mol. The number of carbonyl (C=O) groups is 2. The number of nitrogens with zero attached hydrogens (tertiary/aromatic N) is 4. The predicted molar refractivity (Wildman–Crippen MR) is 97.9 cm³/mol. The molecular formula is C17H16BrN5O3. The van der Waals surface area contributed by atoms with Gasteiger partial charge in [0.1, 0.15) is 5.69 Å². The van der Waals surface area contributed by atoms with Crippen molar-refractivity contribution in [3.63, 3.8) is 0 Å². The Morgan fingerprint density at radius 2 is 1.92 bits per heavy atom. The van der Waals surface area contributed by atoms with Crippen LogP contribution in [0.2, 0.25) is 0 Å². The number of carboxylic acid groups (broad SMARTS) is 1. The van der Waals surface area contributed by atoms with Crippen LogP contribution in [0.5, 0.6) is 0 Å². The summed E-state index contributed by atoms with van der Waals surface area (Å²) in [6.45, 7) is 0.769. The topological polar surface area (TPSA) is 102 Å². The molecule has 0 fully saturated rings. The van der Waals surface area contributed by atoms with E-state index in [0.29, 0.717) is 17.9 Å². The van der Waals surface area contributed by atoms with Crippen molar-refractivity contribution in [2.45, 2.75) is 19.5 Å². The van der Waals surface area contributed by atoms with Gasteiger partial charge in [0.05, 0.1) is 30.2 Å². The van der Waals surface area contributed by atoms with Crippen molar-refractivity contribution in [2.75, 3.05) is 5.32 Å². The maximum Gasteiger partial charge on any atom is 0.305 e. The summed E-state index contributed by atoms with van der Waals surface area (Å²) >= 11 is 3.36. The largest absolute Gasteiger partial charge is 0.481 e. The molecule has 1 aromatic carbocycles. The minimum atomic E-state index is -0.938. The zero-order chi connectivity index (χ0) is 18.5. The first-order chi connectivity index (χ1) is 12.5. The third-order valence-electron chi connectivity index (χ3n) is 3.64. The van der Waals surface area contributed by atoms with Crippen molar-refractivity contribution in [3.05, 3.63) is 64.7 Å². The monoisotopic (exact) mass is 417 g/mol. The van der Waals surface area contributed by atoms with Crippen molar-refractivity contribution < 1.29 is 14.7 Å². The highest BCUT2D eigenvalue weighted by molar-refractivity contribution is 9.10. The molecule has 8 nitrogen and oxygen atoms in total. The summed E-state index contributed by atoms with van der Waals surface area (Å²) in [6.07, 6.45) is 4.98. The van der Waals surface area contributed by atoms with Gasteiger partial charge in [0, 0.05) is 18.1 Å². The molecule has 0 aliphatic rings. The Hall–Kier alpha value is -2.94. The molecule has 0 bridgehead atoms. The first-order valence-electron chi connectivity index (χ1n) is 7.83. The van der Waals surface area contributed by atoms with Crippen LogP contribution >= 0.6 is 15.9 Å². The molecule has 134 valence electrons. The normalized spacial score (nSPS) is 10.7. The minimum absolute atomic E-state index is 0.0970. The molecule has 2 heterocycles. The van der Waals surface area contributed by atoms with E-state index in [4.69, 9.17) is 5.11 Å². The Kier molecular flexibility index (Phi) is 5.47. The third kappa shape index (κ3) is 4.57. The Bertz CT molecular complexity index is 917. The second kappa shape index (κ2) is 7.96. The minimum Gasteiger partial charge on any atom is -0.481 e. The van der Waals surface area contributed by atoms with Crippen molar-refractivity contribution in [3.8, 4) is 0 Å². The number of benzene rings is 1. The van der Waals surface area contributed by atoms with Gasteiger partial charge >= 0.3 is 5.97 Å². The zero-order valence-corrected chi connectivity index (χ0v) is 15.3. The maximum absolute atomic E-state index is 12.4. The number of hydrogen-bond acceptors (Lipinski definition) is 4. The third-order valence-corrected chi connectivity index (χ3v) is 4.05. The average Bonchev–Trinajstić information content (AvgIpc) is 3.23. The van der Waals surface area contributed by atoms with Crippen LogP contribution in [0.4, 0.5) is 5.69 Å². The average molecular weight is 418 g/mol. The highest BCUT2D eigenvalue weighted by Gasteiger charge is 2.13. The Morgan fingerprint density at radius 1 is 1.15 bits per heavy atom. The predicted octanol–water partition coefficient (Wildman–Crippen LogP) is 2.62. The number of nitrogens with one attached hydrogen (secondary N) is 1. The number of anilines is 1. The van der Waals surface area contributed by atoms with E-state index in [9.17, 15) is 9.59 Å². The van der Waals surface area contributed by atoms with Crippen LogP contribution in [0, 0.1) is 0 Å². The van der Waals surface area contributed by atoms with Crippen LogP contribution in [-0.4, -0.2) is 36.5 Å². The van der Waals surface area contributed by atoms with Gasteiger partial charge < -0.3 is 10.4 Å². The van der Waals surface area contributed by atoms with Gasteiger partial charge in [0.15, 0.2) is 0 Å². The zero-order valence-electron chi connectivity index (χ0n) is 13.7. The van der Waals surface area contributed by atoms with E-state index < -0.39 is 5.97 Å². The molecule has 0 saturated carbocycles. The molecule has 0 spiro atoms. The molecule has 0 aliphatic heterocycles. The van der Waals surface area contributed by atoms with Crippen LogP contribution in [-0.2, 0) is 17.9 Å². The lowest BCUT2D eigenvalue weighted by Gasteiger charge is -2.08. The number of carboxylic acids is 1. The molecule has 0 saturated heterocycles. The van der Waals surface area contributed by atoms with E-state index in [1.807, 2.05) is 30.5 Å². The number of rotatable bonds is 7. The van der Waals surface area contributed by atoms with Crippen LogP contribution in [0.1, 0.15) is 22.5 Å². The van der Waals surface area contributed by atoms with E-state index in [1.54, 1.807) is 16.9 Å². The molecule has 1 amide bonds. The van der Waals surface area contributed by atoms with Crippen molar-refractivity contribution >= 4 is 33.5 Å². The van der Waals surface area contributed by atoms with Gasteiger partial charge in [0.25, 0.3) is 5.91 Å². The summed E-state index contributed by atoms with van der Waals surface area (Å²) in [4.78, 5) is 23.1. The molecule has 3 rings (SSSR count). The van der Waals surface area contributed by atoms with Crippen LogP contribution < -0.4 is 5.32 Å². The SMILES string of the molecule is O=C(O)CCn1nccc1C(=O)Nc1ccc(Cn2cc(Br)cn2)cc1. The lowest BCUT2D eigenvalue weighted by molar-refractivity contribution is -0.137.